The fourth-order valence-corrected chi connectivity index (χ4v) is 2.09. The number of hydrogen-bond acceptors (Lipinski definition) is 3. The van der Waals surface area contributed by atoms with Crippen molar-refractivity contribution in [2.45, 2.75) is 26.7 Å². The van der Waals surface area contributed by atoms with E-state index >= 15 is 0 Å². The Labute approximate surface area is 112 Å². The summed E-state index contributed by atoms with van der Waals surface area (Å²) in [5.74, 6) is 0.0238. The molecule has 3 nitrogen and oxygen atoms in total. The predicted octanol–water partition coefficient (Wildman–Crippen LogP) is 3.90. The summed E-state index contributed by atoms with van der Waals surface area (Å²) in [5.41, 5.74) is 2.85. The summed E-state index contributed by atoms with van der Waals surface area (Å²) < 4.78 is 0. The van der Waals surface area contributed by atoms with Crippen LogP contribution >= 0.6 is 0 Å². The molecule has 19 heavy (non-hydrogen) atoms. The van der Waals surface area contributed by atoms with Gasteiger partial charge >= 0.3 is 0 Å². The Morgan fingerprint density at radius 2 is 1.53 bits per heavy atom. The monoisotopic (exact) mass is 258 g/mol. The molecule has 0 spiro atoms. The van der Waals surface area contributed by atoms with Gasteiger partial charge < -0.3 is 15.3 Å². The fraction of sp³-hybridized carbons (Fsp3) is 0.250. The van der Waals surface area contributed by atoms with Gasteiger partial charge in [-0.3, -0.25) is 0 Å². The molecule has 0 radical (unpaired) electrons. The summed E-state index contributed by atoms with van der Waals surface area (Å²) in [6.45, 7) is 5.94. The molecule has 0 saturated heterocycles. The van der Waals surface area contributed by atoms with Gasteiger partial charge in [-0.1, -0.05) is 19.9 Å². The molecule has 0 unspecified atom stereocenters. The van der Waals surface area contributed by atoms with Crippen molar-refractivity contribution in [2.24, 2.45) is 0 Å². The molecule has 2 rings (SSSR count). The average Bonchev–Trinajstić information content (AvgIpc) is 2.34. The lowest BCUT2D eigenvalue weighted by Gasteiger charge is -2.13. The first-order chi connectivity index (χ1) is 8.90. The third-order valence-corrected chi connectivity index (χ3v) is 3.21. The molecule has 0 atom stereocenters. The molecule has 0 aliphatic rings. The molecule has 0 aromatic heterocycles. The van der Waals surface area contributed by atoms with E-state index in [0.717, 1.165) is 11.1 Å². The highest BCUT2D eigenvalue weighted by Gasteiger charge is 2.14. The van der Waals surface area contributed by atoms with Gasteiger partial charge in [-0.15, -0.1) is 0 Å². The highest BCUT2D eigenvalue weighted by atomic mass is 16.3. The highest BCUT2D eigenvalue weighted by Crippen LogP contribution is 2.41. The predicted molar refractivity (Wildman–Crippen MR) is 75.7 cm³/mol. The van der Waals surface area contributed by atoms with Gasteiger partial charge in [-0.2, -0.15) is 0 Å². The van der Waals surface area contributed by atoms with Crippen molar-refractivity contribution in [3.05, 3.63) is 41.5 Å². The molecule has 0 aliphatic heterocycles. The zero-order chi connectivity index (χ0) is 14.2. The molecular weight excluding hydrogens is 240 g/mol. The van der Waals surface area contributed by atoms with Gasteiger partial charge in [0.05, 0.1) is 0 Å². The Morgan fingerprint density at radius 1 is 0.842 bits per heavy atom. The van der Waals surface area contributed by atoms with Crippen LogP contribution in [-0.4, -0.2) is 15.3 Å². The van der Waals surface area contributed by atoms with Gasteiger partial charge in [0.15, 0.2) is 11.5 Å². The first-order valence-corrected chi connectivity index (χ1v) is 6.26. The number of aryl methyl sites for hydroxylation is 1. The number of aromatic hydroxyl groups is 3. The second kappa shape index (κ2) is 4.84. The first-order valence-electron chi connectivity index (χ1n) is 6.26. The van der Waals surface area contributed by atoms with Gasteiger partial charge in [-0.05, 0) is 48.2 Å². The molecular formula is C16H18O3. The lowest BCUT2D eigenvalue weighted by atomic mass is 9.95. The van der Waals surface area contributed by atoms with Crippen LogP contribution in [0.4, 0.5) is 0 Å². The summed E-state index contributed by atoms with van der Waals surface area (Å²) >= 11 is 0. The summed E-state index contributed by atoms with van der Waals surface area (Å²) in [5, 5.41) is 29.6. The van der Waals surface area contributed by atoms with Crippen LogP contribution < -0.4 is 0 Å². The van der Waals surface area contributed by atoms with Gasteiger partial charge in [0.1, 0.15) is 5.75 Å². The second-order valence-corrected chi connectivity index (χ2v) is 5.11. The van der Waals surface area contributed by atoms with E-state index in [0.29, 0.717) is 17.0 Å². The van der Waals surface area contributed by atoms with Gasteiger partial charge in [0.25, 0.3) is 0 Å². The maximum absolute atomic E-state index is 9.98. The van der Waals surface area contributed by atoms with Crippen molar-refractivity contribution in [3.63, 3.8) is 0 Å². The average molecular weight is 258 g/mol. The Morgan fingerprint density at radius 3 is 2.16 bits per heavy atom. The minimum Gasteiger partial charge on any atom is -0.507 e. The van der Waals surface area contributed by atoms with Crippen LogP contribution in [0.3, 0.4) is 0 Å². The Bertz CT molecular complexity index is 616. The summed E-state index contributed by atoms with van der Waals surface area (Å²) in [6.07, 6.45) is 0. The van der Waals surface area contributed by atoms with Crippen LogP contribution in [0.5, 0.6) is 17.2 Å². The maximum atomic E-state index is 9.98. The third kappa shape index (κ3) is 2.50. The quantitative estimate of drug-likeness (QED) is 0.716. The third-order valence-electron chi connectivity index (χ3n) is 3.21. The van der Waals surface area contributed by atoms with Crippen LogP contribution in [0.1, 0.15) is 30.9 Å². The first kappa shape index (κ1) is 13.3. The minimum atomic E-state index is -0.207. The number of phenols is 3. The summed E-state index contributed by atoms with van der Waals surface area (Å²) in [6, 6.07) is 8.55. The van der Waals surface area contributed by atoms with Crippen molar-refractivity contribution < 1.29 is 15.3 Å². The van der Waals surface area contributed by atoms with Crippen LogP contribution in [0, 0.1) is 6.92 Å². The van der Waals surface area contributed by atoms with E-state index in [-0.39, 0.29) is 17.2 Å². The number of rotatable bonds is 2. The van der Waals surface area contributed by atoms with Crippen molar-refractivity contribution in [2.75, 3.05) is 0 Å². The van der Waals surface area contributed by atoms with E-state index in [2.05, 4.69) is 13.8 Å². The molecule has 3 heteroatoms. The second-order valence-electron chi connectivity index (χ2n) is 5.11. The maximum Gasteiger partial charge on any atom is 0.165 e. The Balaban J connectivity index is 2.68. The Hall–Kier alpha value is -2.16. The molecule has 0 saturated carbocycles. The minimum absolute atomic E-state index is 0.0877. The molecule has 100 valence electrons. The zero-order valence-corrected chi connectivity index (χ0v) is 11.3. The van der Waals surface area contributed by atoms with Crippen molar-refractivity contribution in [1.82, 2.24) is 0 Å². The molecule has 0 heterocycles. The van der Waals surface area contributed by atoms with Crippen LogP contribution in [0.25, 0.3) is 11.1 Å². The normalized spacial score (nSPS) is 10.9. The largest absolute Gasteiger partial charge is 0.507 e. The van der Waals surface area contributed by atoms with Crippen molar-refractivity contribution >= 4 is 0 Å². The number of phenolic OH excluding ortho intramolecular Hbond substituents is 3. The zero-order valence-electron chi connectivity index (χ0n) is 11.3. The number of hydrogen-bond donors (Lipinski definition) is 3. The highest BCUT2D eigenvalue weighted by molar-refractivity contribution is 5.78. The summed E-state index contributed by atoms with van der Waals surface area (Å²) in [7, 11) is 0. The van der Waals surface area contributed by atoms with Gasteiger partial charge in [0, 0.05) is 11.1 Å². The molecule has 0 bridgehead atoms. The topological polar surface area (TPSA) is 60.7 Å². The van der Waals surface area contributed by atoms with Crippen LogP contribution in [0.2, 0.25) is 0 Å². The van der Waals surface area contributed by atoms with Crippen LogP contribution in [0.15, 0.2) is 30.3 Å². The summed E-state index contributed by atoms with van der Waals surface area (Å²) in [4.78, 5) is 0. The number of benzene rings is 2. The molecule has 2 aromatic carbocycles. The molecule has 0 fully saturated rings. The molecule has 0 amide bonds. The van der Waals surface area contributed by atoms with E-state index in [9.17, 15) is 15.3 Å². The van der Waals surface area contributed by atoms with Crippen molar-refractivity contribution in [1.29, 1.82) is 0 Å². The van der Waals surface area contributed by atoms with E-state index in [1.165, 1.54) is 6.07 Å². The van der Waals surface area contributed by atoms with E-state index in [4.69, 9.17) is 0 Å². The fourth-order valence-electron chi connectivity index (χ4n) is 2.09. The Kier molecular flexibility index (Phi) is 3.38. The smallest absolute Gasteiger partial charge is 0.165 e. The van der Waals surface area contributed by atoms with Gasteiger partial charge in [0.2, 0.25) is 0 Å². The standard InChI is InChI=1S/C16H18O3/c1-9(2)11-4-5-14(17)12(8-11)13-6-10(3)7-15(18)16(13)19/h4-9,17-19H,1-3H3. The van der Waals surface area contributed by atoms with E-state index in [1.54, 1.807) is 12.1 Å². The lowest BCUT2D eigenvalue weighted by Crippen LogP contribution is -1.90. The lowest BCUT2D eigenvalue weighted by molar-refractivity contribution is 0.404. The molecule has 3 N–H and O–H groups in total. The molecule has 0 aliphatic carbocycles. The van der Waals surface area contributed by atoms with E-state index in [1.807, 2.05) is 19.1 Å². The van der Waals surface area contributed by atoms with Crippen molar-refractivity contribution in [3.8, 4) is 28.4 Å². The van der Waals surface area contributed by atoms with Crippen LogP contribution in [-0.2, 0) is 0 Å². The van der Waals surface area contributed by atoms with E-state index < -0.39 is 0 Å². The molecule has 2 aromatic rings. The van der Waals surface area contributed by atoms with Gasteiger partial charge in [-0.25, -0.2) is 0 Å². The SMILES string of the molecule is Cc1cc(O)c(O)c(-c2cc(C(C)C)ccc2O)c1.